The minimum Gasteiger partial charge on any atom is -0.206 e. The molecule has 0 aromatic heterocycles. The van der Waals surface area contributed by atoms with Crippen molar-refractivity contribution in [1.29, 1.82) is 0 Å². The molecule has 0 amide bonds. The topological polar surface area (TPSA) is 0 Å². The first-order valence-electron chi connectivity index (χ1n) is 5.50. The van der Waals surface area contributed by atoms with E-state index in [4.69, 9.17) is 0 Å². The molecule has 5 heteroatoms. The van der Waals surface area contributed by atoms with E-state index in [1.165, 1.54) is 18.2 Å². The number of halogens is 5. The van der Waals surface area contributed by atoms with Gasteiger partial charge in [-0.05, 0) is 57.7 Å². The van der Waals surface area contributed by atoms with Gasteiger partial charge in [0.05, 0.1) is 4.47 Å². The summed E-state index contributed by atoms with van der Waals surface area (Å²) in [6.07, 6.45) is 0.481. The SMILES string of the molecule is Fc1ccc(CC(Br)c2ccc(F)c(Br)c2)cc1F. The fraction of sp³-hybridized carbons (Fsp3) is 0.143. The van der Waals surface area contributed by atoms with Crippen molar-refractivity contribution in [3.8, 4) is 0 Å². The summed E-state index contributed by atoms with van der Waals surface area (Å²) >= 11 is 6.58. The maximum absolute atomic E-state index is 13.1. The molecule has 2 aromatic carbocycles. The zero-order valence-electron chi connectivity index (χ0n) is 9.64. The van der Waals surface area contributed by atoms with E-state index < -0.39 is 11.6 Å². The summed E-state index contributed by atoms with van der Waals surface area (Å²) in [5.41, 5.74) is 1.53. The third kappa shape index (κ3) is 3.60. The molecule has 0 heterocycles. The lowest BCUT2D eigenvalue weighted by molar-refractivity contribution is 0.507. The van der Waals surface area contributed by atoms with E-state index in [0.717, 1.165) is 11.6 Å². The molecule has 1 unspecified atom stereocenters. The zero-order chi connectivity index (χ0) is 14.0. The molecule has 0 spiro atoms. The molecule has 0 saturated carbocycles. The van der Waals surface area contributed by atoms with Crippen molar-refractivity contribution in [3.05, 3.63) is 69.4 Å². The number of hydrogen-bond acceptors (Lipinski definition) is 0. The highest BCUT2D eigenvalue weighted by molar-refractivity contribution is 9.10. The van der Waals surface area contributed by atoms with E-state index in [1.807, 2.05) is 0 Å². The lowest BCUT2D eigenvalue weighted by Crippen LogP contribution is -1.97. The summed E-state index contributed by atoms with van der Waals surface area (Å²) in [7, 11) is 0. The average Bonchev–Trinajstić information content (AvgIpc) is 2.37. The van der Waals surface area contributed by atoms with Gasteiger partial charge in [0.2, 0.25) is 0 Å². The van der Waals surface area contributed by atoms with Crippen LogP contribution < -0.4 is 0 Å². The van der Waals surface area contributed by atoms with Crippen molar-refractivity contribution in [3.63, 3.8) is 0 Å². The highest BCUT2D eigenvalue weighted by atomic mass is 79.9. The Morgan fingerprint density at radius 3 is 2.21 bits per heavy atom. The Hall–Kier alpha value is -0.810. The predicted octanol–water partition coefficient (Wildman–Crippen LogP) is 5.55. The normalized spacial score (nSPS) is 12.5. The van der Waals surface area contributed by atoms with Gasteiger partial charge in [0.25, 0.3) is 0 Å². The molecule has 0 bridgehead atoms. The molecule has 0 N–H and O–H groups in total. The molecule has 0 saturated heterocycles. The van der Waals surface area contributed by atoms with Crippen LogP contribution in [-0.2, 0) is 6.42 Å². The van der Waals surface area contributed by atoms with Gasteiger partial charge < -0.3 is 0 Å². The van der Waals surface area contributed by atoms with Crippen molar-refractivity contribution in [2.75, 3.05) is 0 Å². The molecule has 0 nitrogen and oxygen atoms in total. The average molecular weight is 394 g/mol. The van der Waals surface area contributed by atoms with Gasteiger partial charge in [-0.15, -0.1) is 0 Å². The zero-order valence-corrected chi connectivity index (χ0v) is 12.8. The van der Waals surface area contributed by atoms with Crippen LogP contribution in [0.25, 0.3) is 0 Å². The molecule has 19 heavy (non-hydrogen) atoms. The molecule has 0 aliphatic carbocycles. The van der Waals surface area contributed by atoms with Crippen LogP contribution in [0.4, 0.5) is 13.2 Å². The Kier molecular flexibility index (Phi) is 4.68. The van der Waals surface area contributed by atoms with Gasteiger partial charge in [0, 0.05) is 4.83 Å². The second-order valence-electron chi connectivity index (χ2n) is 4.09. The van der Waals surface area contributed by atoms with Crippen LogP contribution in [0.1, 0.15) is 16.0 Å². The van der Waals surface area contributed by atoms with Crippen LogP contribution in [0.15, 0.2) is 40.9 Å². The fourth-order valence-corrected chi connectivity index (χ4v) is 2.75. The fourth-order valence-electron chi connectivity index (χ4n) is 1.70. The first-order chi connectivity index (χ1) is 8.97. The van der Waals surface area contributed by atoms with Crippen molar-refractivity contribution in [2.45, 2.75) is 11.2 Å². The smallest absolute Gasteiger partial charge is 0.159 e. The van der Waals surface area contributed by atoms with E-state index in [1.54, 1.807) is 12.1 Å². The van der Waals surface area contributed by atoms with Crippen LogP contribution >= 0.6 is 31.9 Å². The first kappa shape index (κ1) is 14.6. The minimum atomic E-state index is -0.863. The van der Waals surface area contributed by atoms with Crippen LogP contribution in [0.3, 0.4) is 0 Å². The second kappa shape index (κ2) is 6.09. The quantitative estimate of drug-likeness (QED) is 0.600. The lowest BCUT2D eigenvalue weighted by atomic mass is 10.0. The largest absolute Gasteiger partial charge is 0.206 e. The van der Waals surface area contributed by atoms with Crippen molar-refractivity contribution >= 4 is 31.9 Å². The van der Waals surface area contributed by atoms with E-state index in [2.05, 4.69) is 31.9 Å². The maximum Gasteiger partial charge on any atom is 0.159 e. The van der Waals surface area contributed by atoms with Gasteiger partial charge in [-0.2, -0.15) is 0 Å². The molecule has 0 aliphatic rings. The Labute approximate surface area is 125 Å². The van der Waals surface area contributed by atoms with Crippen LogP contribution in [0, 0.1) is 17.5 Å². The lowest BCUT2D eigenvalue weighted by Gasteiger charge is -2.11. The van der Waals surface area contributed by atoms with Crippen molar-refractivity contribution in [2.24, 2.45) is 0 Å². The molecule has 0 radical (unpaired) electrons. The van der Waals surface area contributed by atoms with E-state index in [0.29, 0.717) is 16.5 Å². The van der Waals surface area contributed by atoms with Gasteiger partial charge in [-0.3, -0.25) is 0 Å². The molecule has 0 aliphatic heterocycles. The van der Waals surface area contributed by atoms with E-state index in [-0.39, 0.29) is 10.6 Å². The molecular weight excluding hydrogens is 385 g/mol. The Morgan fingerprint density at radius 2 is 1.58 bits per heavy atom. The third-order valence-electron chi connectivity index (χ3n) is 2.70. The summed E-state index contributed by atoms with van der Waals surface area (Å²) in [6, 6.07) is 8.48. The molecule has 1 atom stereocenters. The Bertz CT molecular complexity index is 599. The summed E-state index contributed by atoms with van der Waals surface area (Å²) < 4.78 is 39.4. The second-order valence-corrected chi connectivity index (χ2v) is 6.05. The van der Waals surface area contributed by atoms with Gasteiger partial charge in [0.15, 0.2) is 11.6 Å². The molecular formula is C14H9Br2F3. The molecule has 100 valence electrons. The Morgan fingerprint density at radius 1 is 0.895 bits per heavy atom. The van der Waals surface area contributed by atoms with Crippen LogP contribution in [-0.4, -0.2) is 0 Å². The monoisotopic (exact) mass is 392 g/mol. The van der Waals surface area contributed by atoms with Crippen LogP contribution in [0.2, 0.25) is 0 Å². The summed E-state index contributed by atoms with van der Waals surface area (Å²) in [5, 5.41) is 0. The molecule has 2 aromatic rings. The molecule has 0 fully saturated rings. The van der Waals surface area contributed by atoms with E-state index in [9.17, 15) is 13.2 Å². The van der Waals surface area contributed by atoms with Gasteiger partial charge in [-0.25, -0.2) is 13.2 Å². The predicted molar refractivity (Wildman–Crippen MR) is 75.8 cm³/mol. The van der Waals surface area contributed by atoms with Crippen molar-refractivity contribution in [1.82, 2.24) is 0 Å². The minimum absolute atomic E-state index is 0.103. The number of hydrogen-bond donors (Lipinski definition) is 0. The highest BCUT2D eigenvalue weighted by Crippen LogP contribution is 2.30. The third-order valence-corrected chi connectivity index (χ3v) is 4.16. The standard InChI is InChI=1S/C14H9Br2F3/c15-10(9-2-4-12(17)11(16)7-9)5-8-1-3-13(18)14(19)6-8/h1-4,6-7,10H,5H2. The number of alkyl halides is 1. The Balaban J connectivity index is 2.17. The first-order valence-corrected chi connectivity index (χ1v) is 7.21. The van der Waals surface area contributed by atoms with Gasteiger partial charge >= 0.3 is 0 Å². The van der Waals surface area contributed by atoms with Gasteiger partial charge in [-0.1, -0.05) is 28.1 Å². The van der Waals surface area contributed by atoms with Gasteiger partial charge in [0.1, 0.15) is 5.82 Å². The van der Waals surface area contributed by atoms with Crippen LogP contribution in [0.5, 0.6) is 0 Å². The number of rotatable bonds is 3. The highest BCUT2D eigenvalue weighted by Gasteiger charge is 2.12. The summed E-state index contributed by atoms with van der Waals surface area (Å²) in [4.78, 5) is -0.103. The summed E-state index contributed by atoms with van der Waals surface area (Å²) in [6.45, 7) is 0. The summed E-state index contributed by atoms with van der Waals surface area (Å²) in [5.74, 6) is -2.06. The van der Waals surface area contributed by atoms with E-state index >= 15 is 0 Å². The van der Waals surface area contributed by atoms with Crippen molar-refractivity contribution < 1.29 is 13.2 Å². The number of benzene rings is 2. The maximum atomic E-state index is 13.1. The molecule has 2 rings (SSSR count).